The van der Waals surface area contributed by atoms with Gasteiger partial charge in [-0.25, -0.2) is 0 Å². The molecule has 0 radical (unpaired) electrons. The summed E-state index contributed by atoms with van der Waals surface area (Å²) < 4.78 is 5.88. The summed E-state index contributed by atoms with van der Waals surface area (Å²) in [6.07, 6.45) is 5.42. The van der Waals surface area contributed by atoms with Crippen molar-refractivity contribution in [3.63, 3.8) is 0 Å². The zero-order valence-electron chi connectivity index (χ0n) is 12.4. The third-order valence-corrected chi connectivity index (χ3v) is 4.11. The van der Waals surface area contributed by atoms with Crippen LogP contribution in [-0.4, -0.2) is 37.3 Å². The van der Waals surface area contributed by atoms with Crippen LogP contribution in [0.25, 0.3) is 10.9 Å². The topological polar surface area (TPSA) is 51.4 Å². The highest BCUT2D eigenvalue weighted by molar-refractivity contribution is 5.91. The van der Waals surface area contributed by atoms with Gasteiger partial charge in [0.2, 0.25) is 0 Å². The molecule has 4 heteroatoms. The molecule has 1 aliphatic heterocycles. The lowest BCUT2D eigenvalue weighted by Gasteiger charge is -2.34. The van der Waals surface area contributed by atoms with Gasteiger partial charge in [0.05, 0.1) is 11.6 Å². The molecule has 21 heavy (non-hydrogen) atoms. The molecule has 0 atom stereocenters. The zero-order valence-corrected chi connectivity index (χ0v) is 12.4. The van der Waals surface area contributed by atoms with Crippen LogP contribution < -0.4 is 10.6 Å². The van der Waals surface area contributed by atoms with Crippen molar-refractivity contribution in [2.75, 3.05) is 31.1 Å². The van der Waals surface area contributed by atoms with E-state index in [-0.39, 0.29) is 0 Å². The zero-order chi connectivity index (χ0) is 14.5. The lowest BCUT2D eigenvalue weighted by Crippen LogP contribution is -2.37. The summed E-state index contributed by atoms with van der Waals surface area (Å²) in [5, 5.41) is 1.24. The molecule has 0 amide bonds. The van der Waals surface area contributed by atoms with Crippen molar-refractivity contribution >= 4 is 16.6 Å². The summed E-state index contributed by atoms with van der Waals surface area (Å²) >= 11 is 0. The fourth-order valence-corrected chi connectivity index (χ4v) is 2.95. The molecule has 1 aliphatic rings. The fraction of sp³-hybridized carbons (Fsp3) is 0.471. The lowest BCUT2D eigenvalue weighted by atomic mass is 10.1. The van der Waals surface area contributed by atoms with E-state index < -0.39 is 0 Å². The molecule has 1 aromatic heterocycles. The quantitative estimate of drug-likeness (QED) is 0.858. The van der Waals surface area contributed by atoms with E-state index in [1.807, 2.05) is 12.3 Å². The molecular weight excluding hydrogens is 262 g/mol. The number of anilines is 1. The minimum Gasteiger partial charge on any atom is -0.378 e. The fourth-order valence-electron chi connectivity index (χ4n) is 2.95. The lowest BCUT2D eigenvalue weighted by molar-refractivity contribution is 0.0367. The van der Waals surface area contributed by atoms with Crippen molar-refractivity contribution < 1.29 is 4.74 Å². The van der Waals surface area contributed by atoms with Gasteiger partial charge in [0, 0.05) is 37.0 Å². The normalized spacial score (nSPS) is 16.5. The third-order valence-electron chi connectivity index (χ3n) is 4.11. The highest BCUT2D eigenvalue weighted by Crippen LogP contribution is 2.28. The second kappa shape index (κ2) is 6.87. The highest BCUT2D eigenvalue weighted by Gasteiger charge is 2.20. The largest absolute Gasteiger partial charge is 0.378 e. The van der Waals surface area contributed by atoms with Gasteiger partial charge in [-0.3, -0.25) is 4.98 Å². The van der Waals surface area contributed by atoms with Gasteiger partial charge in [-0.15, -0.1) is 0 Å². The first kappa shape index (κ1) is 14.3. The molecule has 112 valence electrons. The van der Waals surface area contributed by atoms with Gasteiger partial charge in [0.1, 0.15) is 0 Å². The third kappa shape index (κ3) is 3.34. The Morgan fingerprint density at radius 3 is 2.81 bits per heavy atom. The summed E-state index contributed by atoms with van der Waals surface area (Å²) in [4.78, 5) is 6.89. The summed E-state index contributed by atoms with van der Waals surface area (Å²) in [5.41, 5.74) is 7.86. The number of pyridine rings is 1. The molecule has 1 aromatic carbocycles. The number of rotatable bonds is 5. The summed E-state index contributed by atoms with van der Waals surface area (Å²) in [7, 11) is 0. The van der Waals surface area contributed by atoms with Crippen LogP contribution in [0.4, 0.5) is 5.69 Å². The summed E-state index contributed by atoms with van der Waals surface area (Å²) in [5.74, 6) is 0. The molecular formula is C17H23N3O. The predicted octanol–water partition coefficient (Wildman–Crippen LogP) is 2.57. The number of nitrogens with two attached hydrogens (primary N) is 1. The van der Waals surface area contributed by atoms with E-state index in [0.29, 0.717) is 12.6 Å². The maximum Gasteiger partial charge on any atom is 0.0722 e. The number of aromatic nitrogens is 1. The molecule has 1 saturated heterocycles. The molecule has 3 rings (SSSR count). The van der Waals surface area contributed by atoms with Crippen LogP contribution in [0.2, 0.25) is 0 Å². The van der Waals surface area contributed by atoms with E-state index >= 15 is 0 Å². The minimum absolute atomic E-state index is 0.390. The average Bonchev–Trinajstić information content (AvgIpc) is 2.55. The number of hydrogen-bond donors (Lipinski definition) is 1. The van der Waals surface area contributed by atoms with Crippen LogP contribution >= 0.6 is 0 Å². The van der Waals surface area contributed by atoms with Crippen molar-refractivity contribution in [1.82, 2.24) is 4.98 Å². The SMILES string of the molecule is NCCCOC1CCN(c2ccnc3ccccc23)CC1. The Balaban J connectivity index is 1.66. The van der Waals surface area contributed by atoms with Crippen LogP contribution in [0.1, 0.15) is 19.3 Å². The molecule has 0 spiro atoms. The minimum atomic E-state index is 0.390. The Morgan fingerprint density at radius 1 is 1.19 bits per heavy atom. The smallest absolute Gasteiger partial charge is 0.0722 e. The predicted molar refractivity (Wildman–Crippen MR) is 86.6 cm³/mol. The van der Waals surface area contributed by atoms with Crippen LogP contribution in [0, 0.1) is 0 Å². The average molecular weight is 285 g/mol. The molecule has 2 N–H and O–H groups in total. The van der Waals surface area contributed by atoms with Gasteiger partial charge >= 0.3 is 0 Å². The van der Waals surface area contributed by atoms with Gasteiger partial charge in [-0.1, -0.05) is 18.2 Å². The molecule has 0 aliphatic carbocycles. The Labute approximate surface area is 125 Å². The monoisotopic (exact) mass is 285 g/mol. The molecule has 2 aromatic rings. The maximum atomic E-state index is 5.88. The maximum absolute atomic E-state index is 5.88. The van der Waals surface area contributed by atoms with Gasteiger partial charge in [0.15, 0.2) is 0 Å². The Hall–Kier alpha value is -1.65. The number of hydrogen-bond acceptors (Lipinski definition) is 4. The Morgan fingerprint density at radius 2 is 2.00 bits per heavy atom. The number of nitrogens with zero attached hydrogens (tertiary/aromatic N) is 2. The number of piperidine rings is 1. The highest BCUT2D eigenvalue weighted by atomic mass is 16.5. The summed E-state index contributed by atoms with van der Waals surface area (Å²) in [6, 6.07) is 10.5. The van der Waals surface area contributed by atoms with Gasteiger partial charge < -0.3 is 15.4 Å². The van der Waals surface area contributed by atoms with Crippen molar-refractivity contribution in [2.45, 2.75) is 25.4 Å². The van der Waals surface area contributed by atoms with Gasteiger partial charge in [-0.2, -0.15) is 0 Å². The summed E-state index contributed by atoms with van der Waals surface area (Å²) in [6.45, 7) is 3.59. The number of fused-ring (bicyclic) bond motifs is 1. The second-order valence-electron chi connectivity index (χ2n) is 5.55. The van der Waals surface area contributed by atoms with Gasteiger partial charge in [-0.05, 0) is 37.9 Å². The van der Waals surface area contributed by atoms with Crippen LogP contribution in [0.15, 0.2) is 36.5 Å². The van der Waals surface area contributed by atoms with Crippen molar-refractivity contribution in [2.24, 2.45) is 5.73 Å². The van der Waals surface area contributed by atoms with Crippen LogP contribution in [0.5, 0.6) is 0 Å². The van der Waals surface area contributed by atoms with E-state index in [9.17, 15) is 0 Å². The second-order valence-corrected chi connectivity index (χ2v) is 5.55. The first-order valence-electron chi connectivity index (χ1n) is 7.79. The Bertz CT molecular complexity index is 574. The Kier molecular flexibility index (Phi) is 4.68. The molecule has 1 fully saturated rings. The van der Waals surface area contributed by atoms with E-state index in [1.165, 1.54) is 11.1 Å². The first-order valence-corrected chi connectivity index (χ1v) is 7.79. The van der Waals surface area contributed by atoms with E-state index in [2.05, 4.69) is 34.1 Å². The van der Waals surface area contributed by atoms with Crippen LogP contribution in [-0.2, 0) is 4.74 Å². The van der Waals surface area contributed by atoms with Gasteiger partial charge in [0.25, 0.3) is 0 Å². The van der Waals surface area contributed by atoms with Crippen molar-refractivity contribution in [1.29, 1.82) is 0 Å². The van der Waals surface area contributed by atoms with E-state index in [1.54, 1.807) is 0 Å². The first-order chi connectivity index (χ1) is 10.4. The molecule has 0 saturated carbocycles. The van der Waals surface area contributed by atoms with Crippen molar-refractivity contribution in [3.05, 3.63) is 36.5 Å². The molecule has 0 unspecified atom stereocenters. The van der Waals surface area contributed by atoms with E-state index in [4.69, 9.17) is 10.5 Å². The molecule has 2 heterocycles. The number of benzene rings is 1. The molecule has 4 nitrogen and oxygen atoms in total. The van der Waals surface area contributed by atoms with Crippen LogP contribution in [0.3, 0.4) is 0 Å². The number of ether oxygens (including phenoxy) is 1. The number of para-hydroxylation sites is 1. The van der Waals surface area contributed by atoms with E-state index in [0.717, 1.165) is 44.5 Å². The standard InChI is InChI=1S/C17H23N3O/c18-9-3-13-21-14-7-11-20(12-8-14)17-6-10-19-16-5-2-1-4-15(16)17/h1-2,4-6,10,14H,3,7-9,11-13,18H2. The van der Waals surface area contributed by atoms with Crippen molar-refractivity contribution in [3.8, 4) is 0 Å². The molecule has 0 bridgehead atoms.